The van der Waals surface area contributed by atoms with Crippen LogP contribution in [0, 0.1) is 6.92 Å². The fourth-order valence-corrected chi connectivity index (χ4v) is 3.02. The molecule has 1 aliphatic rings. The topological polar surface area (TPSA) is 40.5 Å². The number of hydrogen-bond donors (Lipinski definition) is 1. The lowest BCUT2D eigenvalue weighted by Crippen LogP contribution is -2.42. The zero-order chi connectivity index (χ0) is 14.4. The van der Waals surface area contributed by atoms with Crippen molar-refractivity contribution in [3.8, 4) is 0 Å². The van der Waals surface area contributed by atoms with Crippen LogP contribution in [0.1, 0.15) is 48.0 Å². The molecule has 0 saturated carbocycles. The number of carbonyl (C=O) groups excluding carboxylic acids is 1. The maximum Gasteiger partial charge on any atom is 0.163 e. The highest BCUT2D eigenvalue weighted by atomic mass is 16.3. The third-order valence-electron chi connectivity index (χ3n) is 4.25. The zero-order valence-electron chi connectivity index (χ0n) is 12.3. The monoisotopic (exact) mass is 275 g/mol. The molecule has 3 nitrogen and oxygen atoms in total. The van der Waals surface area contributed by atoms with Crippen molar-refractivity contribution >= 4 is 5.78 Å². The molecule has 0 bridgehead atoms. The molecule has 20 heavy (non-hydrogen) atoms. The number of carbonyl (C=O) groups is 1. The average molecular weight is 275 g/mol. The van der Waals surface area contributed by atoms with Crippen molar-refractivity contribution in [2.45, 2.75) is 45.1 Å². The van der Waals surface area contributed by atoms with Gasteiger partial charge in [0.05, 0.1) is 6.61 Å². The van der Waals surface area contributed by atoms with Gasteiger partial charge in [0.25, 0.3) is 0 Å². The minimum absolute atomic E-state index is 0.237. The molecule has 1 aromatic carbocycles. The first-order valence-electron chi connectivity index (χ1n) is 7.66. The van der Waals surface area contributed by atoms with E-state index < -0.39 is 0 Å². The Bertz CT molecular complexity index is 444. The Hall–Kier alpha value is -1.19. The van der Waals surface area contributed by atoms with Crippen LogP contribution in [0.25, 0.3) is 0 Å². The molecular weight excluding hydrogens is 250 g/mol. The van der Waals surface area contributed by atoms with Crippen LogP contribution < -0.4 is 0 Å². The maximum absolute atomic E-state index is 12.2. The maximum atomic E-state index is 12.2. The zero-order valence-corrected chi connectivity index (χ0v) is 12.3. The highest BCUT2D eigenvalue weighted by Gasteiger charge is 2.21. The highest BCUT2D eigenvalue weighted by Crippen LogP contribution is 2.18. The lowest BCUT2D eigenvalue weighted by atomic mass is 10.00. The van der Waals surface area contributed by atoms with Crippen LogP contribution in [0.5, 0.6) is 0 Å². The standard InChI is InChI=1S/C17H25NO2/c1-14-7-2-3-9-16(14)17(20)10-6-12-18-11-5-4-8-15(18)13-19/h2-3,7,9,15,19H,4-6,8,10-13H2,1H3. The van der Waals surface area contributed by atoms with Crippen LogP contribution >= 0.6 is 0 Å². The Balaban J connectivity index is 1.80. The van der Waals surface area contributed by atoms with Crippen molar-refractivity contribution in [1.29, 1.82) is 0 Å². The van der Waals surface area contributed by atoms with Crippen LogP contribution in [0.4, 0.5) is 0 Å². The smallest absolute Gasteiger partial charge is 0.163 e. The first-order valence-corrected chi connectivity index (χ1v) is 7.66. The van der Waals surface area contributed by atoms with E-state index in [1.165, 1.54) is 12.8 Å². The van der Waals surface area contributed by atoms with E-state index in [1.54, 1.807) is 0 Å². The molecule has 1 N–H and O–H groups in total. The van der Waals surface area contributed by atoms with Crippen molar-refractivity contribution < 1.29 is 9.90 Å². The summed E-state index contributed by atoms with van der Waals surface area (Å²) in [5, 5.41) is 9.38. The molecule has 1 heterocycles. The molecule has 1 aromatic rings. The highest BCUT2D eigenvalue weighted by molar-refractivity contribution is 5.97. The lowest BCUT2D eigenvalue weighted by molar-refractivity contribution is 0.0846. The molecule has 1 saturated heterocycles. The van der Waals surface area contributed by atoms with E-state index in [4.69, 9.17) is 0 Å². The Morgan fingerprint density at radius 1 is 1.35 bits per heavy atom. The Kier molecular flexibility index (Phi) is 5.74. The van der Waals surface area contributed by atoms with E-state index in [9.17, 15) is 9.90 Å². The number of likely N-dealkylation sites (tertiary alicyclic amines) is 1. The number of ketones is 1. The number of piperidine rings is 1. The number of Topliss-reactive ketones (excluding diaryl/α,β-unsaturated/α-hetero) is 1. The Morgan fingerprint density at radius 3 is 2.90 bits per heavy atom. The summed E-state index contributed by atoms with van der Waals surface area (Å²) in [6.07, 6.45) is 4.98. The van der Waals surface area contributed by atoms with E-state index in [1.807, 2.05) is 31.2 Å². The quantitative estimate of drug-likeness (QED) is 0.812. The van der Waals surface area contributed by atoms with Gasteiger partial charge in [-0.1, -0.05) is 30.7 Å². The second kappa shape index (κ2) is 7.55. The van der Waals surface area contributed by atoms with Gasteiger partial charge in [0.1, 0.15) is 0 Å². The second-order valence-electron chi connectivity index (χ2n) is 5.71. The van der Waals surface area contributed by atoms with Crippen molar-refractivity contribution in [1.82, 2.24) is 4.90 Å². The summed E-state index contributed by atoms with van der Waals surface area (Å²) in [4.78, 5) is 14.5. The molecule has 0 aliphatic carbocycles. The molecule has 0 radical (unpaired) electrons. The number of benzene rings is 1. The average Bonchev–Trinajstić information content (AvgIpc) is 2.48. The third-order valence-corrected chi connectivity index (χ3v) is 4.25. The molecule has 3 heteroatoms. The van der Waals surface area contributed by atoms with Gasteiger partial charge in [0, 0.05) is 18.0 Å². The number of aliphatic hydroxyl groups excluding tert-OH is 1. The van der Waals surface area contributed by atoms with Crippen LogP contribution in [-0.2, 0) is 0 Å². The molecule has 1 fully saturated rings. The summed E-state index contributed by atoms with van der Waals surface area (Å²) in [5.41, 5.74) is 1.91. The summed E-state index contributed by atoms with van der Waals surface area (Å²) in [6, 6.07) is 8.09. The molecule has 2 rings (SSSR count). The van der Waals surface area contributed by atoms with Gasteiger partial charge in [-0.05, 0) is 44.8 Å². The van der Waals surface area contributed by atoms with E-state index in [2.05, 4.69) is 4.90 Å². The summed E-state index contributed by atoms with van der Waals surface area (Å²) in [6.45, 7) is 4.21. The lowest BCUT2D eigenvalue weighted by Gasteiger charge is -2.34. The Labute approximate surface area is 121 Å². The largest absolute Gasteiger partial charge is 0.395 e. The van der Waals surface area contributed by atoms with Crippen LogP contribution in [0.15, 0.2) is 24.3 Å². The summed E-state index contributed by atoms with van der Waals surface area (Å²) in [7, 11) is 0. The first-order chi connectivity index (χ1) is 9.72. The predicted molar refractivity (Wildman–Crippen MR) is 81.0 cm³/mol. The van der Waals surface area contributed by atoms with Gasteiger partial charge in [-0.3, -0.25) is 9.69 Å². The second-order valence-corrected chi connectivity index (χ2v) is 5.71. The van der Waals surface area contributed by atoms with Gasteiger partial charge in [0.15, 0.2) is 5.78 Å². The number of aliphatic hydroxyl groups is 1. The fourth-order valence-electron chi connectivity index (χ4n) is 3.02. The van der Waals surface area contributed by atoms with Gasteiger partial charge >= 0.3 is 0 Å². The summed E-state index contributed by atoms with van der Waals surface area (Å²) < 4.78 is 0. The van der Waals surface area contributed by atoms with Crippen molar-refractivity contribution in [2.24, 2.45) is 0 Å². The number of hydrogen-bond acceptors (Lipinski definition) is 3. The van der Waals surface area contributed by atoms with Crippen LogP contribution in [0.3, 0.4) is 0 Å². The summed E-state index contributed by atoms with van der Waals surface area (Å²) >= 11 is 0. The van der Waals surface area contributed by atoms with E-state index in [0.29, 0.717) is 12.5 Å². The van der Waals surface area contributed by atoms with Gasteiger partial charge in [-0.25, -0.2) is 0 Å². The molecular formula is C17H25NO2. The van der Waals surface area contributed by atoms with E-state index in [-0.39, 0.29) is 12.4 Å². The molecule has 1 unspecified atom stereocenters. The molecule has 110 valence electrons. The number of aryl methyl sites for hydroxylation is 1. The normalized spacial score (nSPS) is 20.0. The fraction of sp³-hybridized carbons (Fsp3) is 0.588. The van der Waals surface area contributed by atoms with Gasteiger partial charge in [-0.15, -0.1) is 0 Å². The molecule has 0 spiro atoms. The number of rotatable bonds is 6. The van der Waals surface area contributed by atoms with Crippen molar-refractivity contribution in [3.63, 3.8) is 0 Å². The first kappa shape index (κ1) is 15.2. The van der Waals surface area contributed by atoms with Crippen LogP contribution in [0.2, 0.25) is 0 Å². The van der Waals surface area contributed by atoms with Gasteiger partial charge in [-0.2, -0.15) is 0 Å². The van der Waals surface area contributed by atoms with Gasteiger partial charge < -0.3 is 5.11 Å². The molecule has 1 atom stereocenters. The van der Waals surface area contributed by atoms with Crippen LogP contribution in [-0.4, -0.2) is 41.5 Å². The van der Waals surface area contributed by atoms with Crippen molar-refractivity contribution in [2.75, 3.05) is 19.7 Å². The van der Waals surface area contributed by atoms with E-state index in [0.717, 1.165) is 37.1 Å². The van der Waals surface area contributed by atoms with E-state index >= 15 is 0 Å². The predicted octanol–water partition coefficient (Wildman–Crippen LogP) is 2.80. The summed E-state index contributed by atoms with van der Waals surface area (Å²) in [5.74, 6) is 0.237. The number of nitrogens with zero attached hydrogens (tertiary/aromatic N) is 1. The SMILES string of the molecule is Cc1ccccc1C(=O)CCCN1CCCCC1CO. The minimum Gasteiger partial charge on any atom is -0.395 e. The third kappa shape index (κ3) is 3.90. The minimum atomic E-state index is 0.237. The molecule has 0 amide bonds. The van der Waals surface area contributed by atoms with Crippen molar-refractivity contribution in [3.05, 3.63) is 35.4 Å². The molecule has 0 aromatic heterocycles. The Morgan fingerprint density at radius 2 is 2.15 bits per heavy atom. The van der Waals surface area contributed by atoms with Gasteiger partial charge in [0.2, 0.25) is 0 Å². The molecule has 1 aliphatic heterocycles.